The van der Waals surface area contributed by atoms with Gasteiger partial charge in [0.15, 0.2) is 0 Å². The minimum absolute atomic E-state index is 0.669. The highest BCUT2D eigenvalue weighted by Gasteiger charge is 2.27. The van der Waals surface area contributed by atoms with Crippen molar-refractivity contribution in [3.05, 3.63) is 20.8 Å². The number of hydrogen-bond acceptors (Lipinski definition) is 3. The molecule has 2 nitrogen and oxygen atoms in total. The standard InChI is InChI=1S/C13H21BrN2S/c1-16(9-13-11(14)6-7-17-13)12-5-3-2-4-10(12)8-15/h6-7,10,12H,2-5,8-9,15H2,1H3. The number of nitrogens with zero attached hydrogens (tertiary/aromatic N) is 1. The second kappa shape index (κ2) is 6.32. The van der Waals surface area contributed by atoms with Crippen LogP contribution in [0.2, 0.25) is 0 Å². The van der Waals surface area contributed by atoms with E-state index in [4.69, 9.17) is 5.73 Å². The molecule has 0 saturated heterocycles. The first-order chi connectivity index (χ1) is 8.22. The van der Waals surface area contributed by atoms with E-state index in [1.165, 1.54) is 35.0 Å². The van der Waals surface area contributed by atoms with Crippen LogP contribution in [0.3, 0.4) is 0 Å². The van der Waals surface area contributed by atoms with Gasteiger partial charge in [0.1, 0.15) is 0 Å². The highest BCUT2D eigenvalue weighted by atomic mass is 79.9. The lowest BCUT2D eigenvalue weighted by Gasteiger charge is -2.37. The Morgan fingerprint density at radius 1 is 1.47 bits per heavy atom. The molecule has 1 aliphatic rings. The Morgan fingerprint density at radius 3 is 2.88 bits per heavy atom. The molecule has 2 atom stereocenters. The summed E-state index contributed by atoms with van der Waals surface area (Å²) in [5, 5.41) is 2.15. The van der Waals surface area contributed by atoms with Gasteiger partial charge in [-0.3, -0.25) is 4.90 Å². The minimum Gasteiger partial charge on any atom is -0.330 e. The summed E-state index contributed by atoms with van der Waals surface area (Å²) in [4.78, 5) is 3.92. The second-order valence-corrected chi connectivity index (χ2v) is 6.81. The largest absolute Gasteiger partial charge is 0.330 e. The van der Waals surface area contributed by atoms with Crippen molar-refractivity contribution in [1.82, 2.24) is 4.90 Å². The molecule has 2 unspecified atom stereocenters. The van der Waals surface area contributed by atoms with Crippen molar-refractivity contribution >= 4 is 27.3 Å². The van der Waals surface area contributed by atoms with Gasteiger partial charge in [0.05, 0.1) is 0 Å². The quantitative estimate of drug-likeness (QED) is 0.921. The maximum Gasteiger partial charge on any atom is 0.0339 e. The van der Waals surface area contributed by atoms with Gasteiger partial charge in [0.2, 0.25) is 0 Å². The molecule has 1 aromatic heterocycles. The summed E-state index contributed by atoms with van der Waals surface area (Å²) in [7, 11) is 2.24. The average molecular weight is 317 g/mol. The first-order valence-electron chi connectivity index (χ1n) is 6.34. The Morgan fingerprint density at radius 2 is 2.24 bits per heavy atom. The molecular weight excluding hydrogens is 296 g/mol. The molecule has 0 bridgehead atoms. The first kappa shape index (κ1) is 13.5. The molecule has 17 heavy (non-hydrogen) atoms. The second-order valence-electron chi connectivity index (χ2n) is 4.95. The third-order valence-corrected chi connectivity index (χ3v) is 5.73. The van der Waals surface area contributed by atoms with Crippen LogP contribution in [-0.2, 0) is 6.54 Å². The van der Waals surface area contributed by atoms with Crippen LogP contribution in [0.25, 0.3) is 0 Å². The Balaban J connectivity index is 1.98. The lowest BCUT2D eigenvalue weighted by molar-refractivity contribution is 0.128. The molecule has 96 valence electrons. The summed E-state index contributed by atoms with van der Waals surface area (Å²) in [5.41, 5.74) is 5.90. The van der Waals surface area contributed by atoms with Crippen LogP contribution in [0.15, 0.2) is 15.9 Å². The maximum atomic E-state index is 5.90. The van der Waals surface area contributed by atoms with Gasteiger partial charge in [-0.2, -0.15) is 0 Å². The predicted octanol–water partition coefficient (Wildman–Crippen LogP) is 3.46. The molecular formula is C13H21BrN2S. The summed E-state index contributed by atoms with van der Waals surface area (Å²) in [6.45, 7) is 1.88. The predicted molar refractivity (Wildman–Crippen MR) is 78.3 cm³/mol. The third kappa shape index (κ3) is 3.31. The third-order valence-electron chi connectivity index (χ3n) is 3.82. The molecule has 0 amide bonds. The summed E-state index contributed by atoms with van der Waals surface area (Å²) >= 11 is 5.44. The lowest BCUT2D eigenvalue weighted by atomic mass is 9.84. The zero-order chi connectivity index (χ0) is 12.3. The molecule has 0 radical (unpaired) electrons. The van der Waals surface area contributed by atoms with Crippen LogP contribution >= 0.6 is 27.3 Å². The molecule has 1 fully saturated rings. The van der Waals surface area contributed by atoms with Crippen LogP contribution in [0, 0.1) is 5.92 Å². The van der Waals surface area contributed by atoms with Gasteiger partial charge >= 0.3 is 0 Å². The van der Waals surface area contributed by atoms with Crippen molar-refractivity contribution < 1.29 is 0 Å². The van der Waals surface area contributed by atoms with Crippen LogP contribution < -0.4 is 5.73 Å². The molecule has 0 spiro atoms. The van der Waals surface area contributed by atoms with Gasteiger partial charge in [-0.15, -0.1) is 11.3 Å². The summed E-state index contributed by atoms with van der Waals surface area (Å²) in [6, 6.07) is 2.80. The van der Waals surface area contributed by atoms with E-state index in [-0.39, 0.29) is 0 Å². The van der Waals surface area contributed by atoms with E-state index in [1.807, 2.05) is 11.3 Å². The van der Waals surface area contributed by atoms with Crippen molar-refractivity contribution in [2.24, 2.45) is 11.7 Å². The summed E-state index contributed by atoms with van der Waals surface area (Å²) in [5.74, 6) is 0.687. The van der Waals surface area contributed by atoms with Crippen molar-refractivity contribution in [2.45, 2.75) is 38.3 Å². The van der Waals surface area contributed by atoms with Crippen molar-refractivity contribution in [1.29, 1.82) is 0 Å². The fourth-order valence-electron chi connectivity index (χ4n) is 2.82. The highest BCUT2D eigenvalue weighted by Crippen LogP contribution is 2.30. The summed E-state index contributed by atoms with van der Waals surface area (Å²) < 4.78 is 1.24. The van der Waals surface area contributed by atoms with E-state index in [1.54, 1.807) is 0 Å². The number of rotatable bonds is 4. The van der Waals surface area contributed by atoms with E-state index in [0.29, 0.717) is 12.0 Å². The topological polar surface area (TPSA) is 29.3 Å². The number of thiophene rings is 1. The van der Waals surface area contributed by atoms with Crippen LogP contribution in [0.4, 0.5) is 0 Å². The normalized spacial score (nSPS) is 25.4. The van der Waals surface area contributed by atoms with Crippen LogP contribution in [0.1, 0.15) is 30.6 Å². The fourth-order valence-corrected chi connectivity index (χ4v) is 4.37. The number of hydrogen-bond donors (Lipinski definition) is 1. The van der Waals surface area contributed by atoms with E-state index in [2.05, 4.69) is 39.3 Å². The van der Waals surface area contributed by atoms with Gasteiger partial charge in [0, 0.05) is 21.9 Å². The van der Waals surface area contributed by atoms with Gasteiger partial charge in [-0.05, 0) is 59.7 Å². The zero-order valence-corrected chi connectivity index (χ0v) is 12.8. The lowest BCUT2D eigenvalue weighted by Crippen LogP contribution is -2.42. The minimum atomic E-state index is 0.669. The zero-order valence-electron chi connectivity index (χ0n) is 10.4. The molecule has 2 rings (SSSR count). The Hall–Kier alpha value is 0.1000. The van der Waals surface area contributed by atoms with Gasteiger partial charge in [-0.25, -0.2) is 0 Å². The Labute approximate surface area is 116 Å². The molecule has 1 aliphatic carbocycles. The smallest absolute Gasteiger partial charge is 0.0339 e. The Bertz CT molecular complexity index is 353. The molecule has 0 aromatic carbocycles. The van der Waals surface area contributed by atoms with E-state index < -0.39 is 0 Å². The number of nitrogens with two attached hydrogens (primary N) is 1. The van der Waals surface area contributed by atoms with Crippen molar-refractivity contribution in [2.75, 3.05) is 13.6 Å². The van der Waals surface area contributed by atoms with Crippen molar-refractivity contribution in [3.8, 4) is 0 Å². The van der Waals surface area contributed by atoms with Gasteiger partial charge < -0.3 is 5.73 Å². The Kier molecular flexibility index (Phi) is 5.03. The summed E-state index contributed by atoms with van der Waals surface area (Å²) in [6.07, 6.45) is 5.32. The first-order valence-corrected chi connectivity index (χ1v) is 8.01. The van der Waals surface area contributed by atoms with Crippen LogP contribution in [-0.4, -0.2) is 24.5 Å². The molecule has 2 N–H and O–H groups in total. The molecule has 1 saturated carbocycles. The monoisotopic (exact) mass is 316 g/mol. The SMILES string of the molecule is CN(Cc1sccc1Br)C1CCCCC1CN. The van der Waals surface area contributed by atoms with Crippen LogP contribution in [0.5, 0.6) is 0 Å². The highest BCUT2D eigenvalue weighted by molar-refractivity contribution is 9.10. The molecule has 0 aliphatic heterocycles. The van der Waals surface area contributed by atoms with Gasteiger partial charge in [0.25, 0.3) is 0 Å². The van der Waals surface area contributed by atoms with Crippen molar-refractivity contribution in [3.63, 3.8) is 0 Å². The van der Waals surface area contributed by atoms with E-state index in [0.717, 1.165) is 13.1 Å². The average Bonchev–Trinajstić information content (AvgIpc) is 2.75. The maximum absolute atomic E-state index is 5.90. The van der Waals surface area contributed by atoms with E-state index in [9.17, 15) is 0 Å². The fraction of sp³-hybridized carbons (Fsp3) is 0.692. The molecule has 4 heteroatoms. The molecule has 1 aromatic rings. The van der Waals surface area contributed by atoms with Gasteiger partial charge in [-0.1, -0.05) is 12.8 Å². The molecule has 1 heterocycles. The van der Waals surface area contributed by atoms with E-state index >= 15 is 0 Å². The number of halogens is 1.